The minimum atomic E-state index is -4.36. The molecular weight excluding hydrogens is 636 g/mol. The lowest BCUT2D eigenvalue weighted by molar-refractivity contribution is -0.142. The van der Waals surface area contributed by atoms with Gasteiger partial charge in [0.15, 0.2) is 0 Å². The third-order valence-electron chi connectivity index (χ3n) is 6.87. The molecule has 0 heterocycles. The largest absolute Gasteiger partial charge is 0.497 e. The van der Waals surface area contributed by atoms with E-state index in [1.807, 2.05) is 0 Å². The van der Waals surface area contributed by atoms with Gasteiger partial charge in [-0.2, -0.15) is 0 Å². The van der Waals surface area contributed by atoms with Crippen molar-refractivity contribution in [3.8, 4) is 11.5 Å². The molecule has 0 aliphatic carbocycles. The summed E-state index contributed by atoms with van der Waals surface area (Å²) in [6.45, 7) is 1.93. The molecule has 0 saturated heterocycles. The summed E-state index contributed by atoms with van der Waals surface area (Å²) >= 11 is 0. The topological polar surface area (TPSA) is 146 Å². The molecule has 0 aliphatic rings. The number of anilines is 2. The summed E-state index contributed by atoms with van der Waals surface area (Å²) in [4.78, 5) is 25.2. The van der Waals surface area contributed by atoms with Crippen LogP contribution in [0.4, 0.5) is 11.4 Å². The molecule has 0 saturated carbocycles. The van der Waals surface area contributed by atoms with Gasteiger partial charge >= 0.3 is 11.9 Å². The van der Waals surface area contributed by atoms with E-state index in [0.717, 1.165) is 8.61 Å². The van der Waals surface area contributed by atoms with E-state index in [-0.39, 0.29) is 34.4 Å². The van der Waals surface area contributed by atoms with Crippen LogP contribution in [0.15, 0.2) is 94.7 Å². The molecule has 4 rings (SSSR count). The van der Waals surface area contributed by atoms with Crippen molar-refractivity contribution in [1.29, 1.82) is 0 Å². The van der Waals surface area contributed by atoms with Gasteiger partial charge in [-0.3, -0.25) is 18.2 Å². The van der Waals surface area contributed by atoms with Gasteiger partial charge in [-0.15, -0.1) is 0 Å². The van der Waals surface area contributed by atoms with E-state index in [0.29, 0.717) is 22.3 Å². The summed E-state index contributed by atoms with van der Waals surface area (Å²) in [5.74, 6) is -0.714. The van der Waals surface area contributed by atoms with Crippen LogP contribution in [0.1, 0.15) is 13.8 Å². The maximum atomic E-state index is 14.0. The zero-order valence-electron chi connectivity index (χ0n) is 25.7. The summed E-state index contributed by atoms with van der Waals surface area (Å²) in [5.41, 5.74) is 0.169. The highest BCUT2D eigenvalue weighted by atomic mass is 32.2. The van der Waals surface area contributed by atoms with Crippen molar-refractivity contribution in [2.75, 3.05) is 49.1 Å². The lowest BCUT2D eigenvalue weighted by Crippen LogP contribution is -2.38. The lowest BCUT2D eigenvalue weighted by Gasteiger charge is -2.28. The molecule has 0 bridgehead atoms. The van der Waals surface area contributed by atoms with Crippen LogP contribution >= 0.6 is 0 Å². The van der Waals surface area contributed by atoms with Crippen LogP contribution in [0, 0.1) is 0 Å². The molecule has 0 fully saturated rings. The number of hydrogen-bond donors (Lipinski definition) is 0. The number of nitrogens with zero attached hydrogens (tertiary/aromatic N) is 2. The van der Waals surface area contributed by atoms with Gasteiger partial charge in [0.05, 0.1) is 48.6 Å². The van der Waals surface area contributed by atoms with E-state index < -0.39 is 45.1 Å². The van der Waals surface area contributed by atoms with Gasteiger partial charge in [0, 0.05) is 10.8 Å². The summed E-state index contributed by atoms with van der Waals surface area (Å²) in [6, 6.07) is 20.6. The SMILES string of the molecule is CCOC(=O)CN(c1ccc(N(CC(=O)OCC)S(=O)(=O)c2ccc(OC)cc2)c2ccccc12)S(=O)(=O)c1ccc(OC)cc1. The molecule has 0 amide bonds. The van der Waals surface area contributed by atoms with E-state index in [1.165, 1.54) is 74.9 Å². The minimum Gasteiger partial charge on any atom is -0.497 e. The number of rotatable bonds is 14. The average molecular weight is 671 g/mol. The smallest absolute Gasteiger partial charge is 0.326 e. The molecule has 14 heteroatoms. The Kier molecular flexibility index (Phi) is 10.7. The summed E-state index contributed by atoms with van der Waals surface area (Å²) in [6.07, 6.45) is 0. The minimum absolute atomic E-state index is 0.0288. The highest BCUT2D eigenvalue weighted by molar-refractivity contribution is 7.93. The Morgan fingerprint density at radius 3 is 1.22 bits per heavy atom. The van der Waals surface area contributed by atoms with Crippen molar-refractivity contribution in [1.82, 2.24) is 0 Å². The number of hydrogen-bond acceptors (Lipinski definition) is 10. The van der Waals surface area contributed by atoms with Crippen LogP contribution in [0.5, 0.6) is 11.5 Å². The second kappa shape index (κ2) is 14.5. The molecule has 0 aliphatic heterocycles. The number of fused-ring (bicyclic) bond motifs is 1. The van der Waals surface area contributed by atoms with Gasteiger partial charge in [0.1, 0.15) is 24.6 Å². The quantitative estimate of drug-likeness (QED) is 0.177. The van der Waals surface area contributed by atoms with E-state index in [4.69, 9.17) is 18.9 Å². The average Bonchev–Trinajstić information content (AvgIpc) is 3.06. The molecule has 0 unspecified atom stereocenters. The van der Waals surface area contributed by atoms with Crippen LogP contribution in [-0.4, -0.2) is 69.3 Å². The number of benzene rings is 4. The van der Waals surface area contributed by atoms with Crippen molar-refractivity contribution in [2.45, 2.75) is 23.6 Å². The molecular formula is C32H34N2O10S2. The molecule has 12 nitrogen and oxygen atoms in total. The standard InChI is InChI=1S/C32H34N2O10S2/c1-5-43-31(35)21-33(45(37,38)25-15-11-23(41-3)12-16-25)29-19-20-30(28-10-8-7-9-27(28)29)34(22-32(36)44-6-2)46(39,40)26-17-13-24(42-4)14-18-26/h7-20H,5-6,21-22H2,1-4H3. The Bertz CT molecular complexity index is 1770. The molecule has 4 aromatic carbocycles. The van der Waals surface area contributed by atoms with Crippen molar-refractivity contribution in [3.05, 3.63) is 84.9 Å². The van der Waals surface area contributed by atoms with Crippen molar-refractivity contribution < 1.29 is 45.4 Å². The van der Waals surface area contributed by atoms with E-state index in [9.17, 15) is 26.4 Å². The van der Waals surface area contributed by atoms with Crippen molar-refractivity contribution in [2.24, 2.45) is 0 Å². The molecule has 46 heavy (non-hydrogen) atoms. The molecule has 0 atom stereocenters. The number of esters is 2. The Hall–Kier alpha value is -4.82. The molecule has 0 aromatic heterocycles. The number of ether oxygens (including phenoxy) is 4. The summed E-state index contributed by atoms with van der Waals surface area (Å²) in [5, 5.41) is 0.584. The Morgan fingerprint density at radius 2 is 0.913 bits per heavy atom. The first-order chi connectivity index (χ1) is 22.0. The highest BCUT2D eigenvalue weighted by Crippen LogP contribution is 2.38. The fourth-order valence-corrected chi connectivity index (χ4v) is 7.56. The van der Waals surface area contributed by atoms with Crippen LogP contribution in [0.3, 0.4) is 0 Å². The fourth-order valence-electron chi connectivity index (χ4n) is 4.70. The van der Waals surface area contributed by atoms with Crippen LogP contribution < -0.4 is 18.1 Å². The highest BCUT2D eigenvalue weighted by Gasteiger charge is 2.33. The monoisotopic (exact) mass is 670 g/mol. The van der Waals surface area contributed by atoms with Crippen LogP contribution in [0.2, 0.25) is 0 Å². The van der Waals surface area contributed by atoms with Crippen molar-refractivity contribution in [3.63, 3.8) is 0 Å². The predicted molar refractivity (Wildman–Crippen MR) is 172 cm³/mol. The van der Waals surface area contributed by atoms with E-state index in [1.54, 1.807) is 38.1 Å². The maximum absolute atomic E-state index is 14.0. The number of carbonyl (C=O) groups is 2. The lowest BCUT2D eigenvalue weighted by atomic mass is 10.1. The van der Waals surface area contributed by atoms with Crippen LogP contribution in [0.25, 0.3) is 10.8 Å². The first-order valence-corrected chi connectivity index (χ1v) is 17.0. The summed E-state index contributed by atoms with van der Waals surface area (Å²) < 4.78 is 78.5. The summed E-state index contributed by atoms with van der Waals surface area (Å²) in [7, 11) is -5.83. The van der Waals surface area contributed by atoms with Crippen LogP contribution in [-0.2, 0) is 39.1 Å². The van der Waals surface area contributed by atoms with E-state index >= 15 is 0 Å². The zero-order chi connectivity index (χ0) is 33.5. The molecule has 0 N–H and O–H groups in total. The number of carbonyl (C=O) groups excluding carboxylic acids is 2. The predicted octanol–water partition coefficient (Wildman–Crippen LogP) is 4.37. The second-order valence-corrected chi connectivity index (χ2v) is 13.4. The van der Waals surface area contributed by atoms with Gasteiger partial charge in [0.25, 0.3) is 20.0 Å². The first kappa shape index (κ1) is 34.1. The Labute approximate surface area is 268 Å². The van der Waals surface area contributed by atoms with Crippen molar-refractivity contribution >= 4 is 54.1 Å². The maximum Gasteiger partial charge on any atom is 0.326 e. The number of sulfonamides is 2. The normalized spacial score (nSPS) is 11.5. The molecule has 4 aromatic rings. The zero-order valence-corrected chi connectivity index (χ0v) is 27.3. The molecule has 0 radical (unpaired) electrons. The number of methoxy groups -OCH3 is 2. The first-order valence-electron chi connectivity index (χ1n) is 14.1. The van der Waals surface area contributed by atoms with Gasteiger partial charge in [-0.25, -0.2) is 16.8 Å². The fraction of sp³-hybridized carbons (Fsp3) is 0.250. The Morgan fingerprint density at radius 1 is 0.565 bits per heavy atom. The second-order valence-electron chi connectivity index (χ2n) is 9.63. The van der Waals surface area contributed by atoms with E-state index in [2.05, 4.69) is 0 Å². The Balaban J connectivity index is 1.93. The third-order valence-corrected chi connectivity index (χ3v) is 10.4. The van der Waals surface area contributed by atoms with Gasteiger partial charge in [-0.1, -0.05) is 24.3 Å². The van der Waals surface area contributed by atoms with Gasteiger partial charge in [0.2, 0.25) is 0 Å². The van der Waals surface area contributed by atoms with Gasteiger partial charge in [-0.05, 0) is 74.5 Å². The van der Waals surface area contributed by atoms with Gasteiger partial charge < -0.3 is 18.9 Å². The molecule has 0 spiro atoms. The third kappa shape index (κ3) is 7.18. The molecule has 244 valence electrons.